The second-order valence-electron chi connectivity index (χ2n) is 6.30. The van der Waals surface area contributed by atoms with E-state index in [4.69, 9.17) is 10.5 Å². The number of amides is 1. The third kappa shape index (κ3) is 4.64. The molecule has 0 aliphatic carbocycles. The standard InChI is InChI=1S/C22H23N3O2/c1-3-25(20-7-5-4-6-16(20)2)15-17-8-11-19(12-9-17)27-21-13-10-18(14-24-21)22(23)26/h4-14H,3,15H2,1-2H3,(H2,23,26). The molecule has 0 atom stereocenters. The van der Waals surface area contributed by atoms with Crippen LogP contribution in [0.25, 0.3) is 0 Å². The quantitative estimate of drug-likeness (QED) is 0.681. The van der Waals surface area contributed by atoms with Gasteiger partial charge in [-0.1, -0.05) is 30.3 Å². The predicted molar refractivity (Wildman–Crippen MR) is 107 cm³/mol. The summed E-state index contributed by atoms with van der Waals surface area (Å²) >= 11 is 0. The Balaban J connectivity index is 1.67. The summed E-state index contributed by atoms with van der Waals surface area (Å²) in [5, 5.41) is 0. The van der Waals surface area contributed by atoms with Gasteiger partial charge in [0.2, 0.25) is 11.8 Å². The highest BCUT2D eigenvalue weighted by Gasteiger charge is 2.08. The van der Waals surface area contributed by atoms with Crippen molar-refractivity contribution >= 4 is 11.6 Å². The first kappa shape index (κ1) is 18.5. The van der Waals surface area contributed by atoms with E-state index in [1.807, 2.05) is 24.3 Å². The van der Waals surface area contributed by atoms with Gasteiger partial charge in [0.25, 0.3) is 0 Å². The molecule has 5 nitrogen and oxygen atoms in total. The molecule has 138 valence electrons. The van der Waals surface area contributed by atoms with Crippen molar-refractivity contribution in [1.82, 2.24) is 4.98 Å². The minimum atomic E-state index is -0.507. The molecule has 2 N–H and O–H groups in total. The minimum absolute atomic E-state index is 0.355. The van der Waals surface area contributed by atoms with E-state index in [0.29, 0.717) is 17.2 Å². The average molecular weight is 361 g/mol. The van der Waals surface area contributed by atoms with Crippen molar-refractivity contribution < 1.29 is 9.53 Å². The van der Waals surface area contributed by atoms with Gasteiger partial charge in [0.15, 0.2) is 0 Å². The summed E-state index contributed by atoms with van der Waals surface area (Å²) in [6.45, 7) is 6.04. The molecule has 1 heterocycles. The van der Waals surface area contributed by atoms with Gasteiger partial charge in [-0.15, -0.1) is 0 Å². The lowest BCUT2D eigenvalue weighted by Crippen LogP contribution is -2.22. The maximum absolute atomic E-state index is 11.1. The van der Waals surface area contributed by atoms with E-state index in [0.717, 1.165) is 13.1 Å². The summed E-state index contributed by atoms with van der Waals surface area (Å²) in [6, 6.07) is 19.6. The van der Waals surface area contributed by atoms with Crippen LogP contribution in [0.1, 0.15) is 28.4 Å². The Bertz CT molecular complexity index is 906. The molecule has 5 heteroatoms. The molecule has 0 radical (unpaired) electrons. The van der Waals surface area contributed by atoms with Gasteiger partial charge in [-0.05, 0) is 49.2 Å². The smallest absolute Gasteiger partial charge is 0.250 e. The van der Waals surface area contributed by atoms with Crippen LogP contribution < -0.4 is 15.4 Å². The number of hydrogen-bond acceptors (Lipinski definition) is 4. The third-order valence-corrected chi connectivity index (χ3v) is 4.38. The first-order valence-corrected chi connectivity index (χ1v) is 8.90. The Kier molecular flexibility index (Phi) is 5.71. The molecule has 0 fully saturated rings. The first-order chi connectivity index (χ1) is 13.1. The van der Waals surface area contributed by atoms with Crippen LogP contribution in [0, 0.1) is 6.92 Å². The summed E-state index contributed by atoms with van der Waals surface area (Å²) in [4.78, 5) is 17.5. The second kappa shape index (κ2) is 8.36. The fraction of sp³-hybridized carbons (Fsp3) is 0.182. The topological polar surface area (TPSA) is 68.5 Å². The van der Waals surface area contributed by atoms with Gasteiger partial charge < -0.3 is 15.4 Å². The van der Waals surface area contributed by atoms with Crippen molar-refractivity contribution in [3.8, 4) is 11.6 Å². The van der Waals surface area contributed by atoms with Crippen LogP contribution in [0.5, 0.6) is 11.6 Å². The average Bonchev–Trinajstić information content (AvgIpc) is 2.68. The Morgan fingerprint density at radius 2 is 1.81 bits per heavy atom. The molecule has 0 saturated carbocycles. The third-order valence-electron chi connectivity index (χ3n) is 4.38. The number of benzene rings is 2. The van der Waals surface area contributed by atoms with Gasteiger partial charge in [0.1, 0.15) is 5.75 Å². The number of nitrogens with two attached hydrogens (primary N) is 1. The number of hydrogen-bond donors (Lipinski definition) is 1. The van der Waals surface area contributed by atoms with Gasteiger partial charge in [-0.3, -0.25) is 4.79 Å². The van der Waals surface area contributed by atoms with E-state index in [1.54, 1.807) is 12.1 Å². The van der Waals surface area contributed by atoms with Crippen molar-refractivity contribution in [2.75, 3.05) is 11.4 Å². The number of nitrogens with zero attached hydrogens (tertiary/aromatic N) is 2. The van der Waals surface area contributed by atoms with Crippen molar-refractivity contribution in [3.05, 3.63) is 83.6 Å². The number of anilines is 1. The molecule has 3 rings (SSSR count). The number of para-hydroxylation sites is 1. The van der Waals surface area contributed by atoms with E-state index in [2.05, 4.69) is 48.0 Å². The number of aromatic nitrogens is 1. The first-order valence-electron chi connectivity index (χ1n) is 8.90. The molecule has 0 aliphatic heterocycles. The summed E-state index contributed by atoms with van der Waals surface area (Å²) in [6.07, 6.45) is 1.41. The SMILES string of the molecule is CCN(Cc1ccc(Oc2ccc(C(N)=O)cn2)cc1)c1ccccc1C. The minimum Gasteiger partial charge on any atom is -0.439 e. The normalized spacial score (nSPS) is 10.4. The molecule has 0 spiro atoms. The summed E-state index contributed by atoms with van der Waals surface area (Å²) in [5.74, 6) is 0.604. The summed E-state index contributed by atoms with van der Waals surface area (Å²) < 4.78 is 5.73. The molecule has 1 amide bonds. The Labute approximate surface area is 159 Å². The molecular formula is C22H23N3O2. The zero-order chi connectivity index (χ0) is 19.2. The molecule has 0 saturated heterocycles. The van der Waals surface area contributed by atoms with E-state index >= 15 is 0 Å². The lowest BCUT2D eigenvalue weighted by Gasteiger charge is -2.25. The van der Waals surface area contributed by atoms with Crippen LogP contribution in [0.4, 0.5) is 5.69 Å². The van der Waals surface area contributed by atoms with Crippen molar-refractivity contribution in [1.29, 1.82) is 0 Å². The summed E-state index contributed by atoms with van der Waals surface area (Å²) in [7, 11) is 0. The van der Waals surface area contributed by atoms with Crippen LogP contribution in [-0.4, -0.2) is 17.4 Å². The van der Waals surface area contributed by atoms with E-state index in [9.17, 15) is 4.79 Å². The number of ether oxygens (including phenoxy) is 1. The number of carbonyl (C=O) groups is 1. The highest BCUT2D eigenvalue weighted by atomic mass is 16.5. The van der Waals surface area contributed by atoms with Gasteiger partial charge in [-0.2, -0.15) is 0 Å². The van der Waals surface area contributed by atoms with Crippen LogP contribution in [0.15, 0.2) is 66.9 Å². The fourth-order valence-electron chi connectivity index (χ4n) is 2.88. The highest BCUT2D eigenvalue weighted by molar-refractivity contribution is 5.92. The number of pyridine rings is 1. The largest absolute Gasteiger partial charge is 0.439 e. The van der Waals surface area contributed by atoms with Gasteiger partial charge in [-0.25, -0.2) is 4.98 Å². The fourth-order valence-corrected chi connectivity index (χ4v) is 2.88. The molecular weight excluding hydrogens is 338 g/mol. The van der Waals surface area contributed by atoms with Gasteiger partial charge in [0, 0.05) is 31.0 Å². The molecule has 1 aromatic heterocycles. The zero-order valence-corrected chi connectivity index (χ0v) is 15.6. The predicted octanol–water partition coefficient (Wildman–Crippen LogP) is 4.31. The Morgan fingerprint density at radius 3 is 2.41 bits per heavy atom. The van der Waals surface area contributed by atoms with E-state index < -0.39 is 5.91 Å². The molecule has 27 heavy (non-hydrogen) atoms. The highest BCUT2D eigenvalue weighted by Crippen LogP contribution is 2.24. The Morgan fingerprint density at radius 1 is 1.07 bits per heavy atom. The lowest BCUT2D eigenvalue weighted by atomic mass is 10.1. The van der Waals surface area contributed by atoms with Gasteiger partial charge >= 0.3 is 0 Å². The molecule has 3 aromatic rings. The second-order valence-corrected chi connectivity index (χ2v) is 6.30. The number of primary amides is 1. The zero-order valence-electron chi connectivity index (χ0n) is 15.6. The van der Waals surface area contributed by atoms with Crippen LogP contribution in [-0.2, 0) is 6.54 Å². The van der Waals surface area contributed by atoms with E-state index in [1.165, 1.54) is 23.0 Å². The van der Waals surface area contributed by atoms with Crippen molar-refractivity contribution in [3.63, 3.8) is 0 Å². The van der Waals surface area contributed by atoms with Gasteiger partial charge in [0.05, 0.1) is 5.56 Å². The van der Waals surface area contributed by atoms with Crippen molar-refractivity contribution in [2.45, 2.75) is 20.4 Å². The number of rotatable bonds is 7. The molecule has 2 aromatic carbocycles. The van der Waals surface area contributed by atoms with Crippen LogP contribution in [0.3, 0.4) is 0 Å². The van der Waals surface area contributed by atoms with E-state index in [-0.39, 0.29) is 0 Å². The molecule has 0 aliphatic rings. The lowest BCUT2D eigenvalue weighted by molar-refractivity contribution is 0.1000. The van der Waals surface area contributed by atoms with Crippen LogP contribution in [0.2, 0.25) is 0 Å². The van der Waals surface area contributed by atoms with Crippen LogP contribution >= 0.6 is 0 Å². The monoisotopic (exact) mass is 361 g/mol. The maximum Gasteiger partial charge on any atom is 0.250 e. The maximum atomic E-state index is 11.1. The number of aryl methyl sites for hydroxylation is 1. The molecule has 0 bridgehead atoms. The number of carbonyl (C=O) groups excluding carboxylic acids is 1. The summed E-state index contributed by atoms with van der Waals surface area (Å²) in [5.41, 5.74) is 9.28. The van der Waals surface area contributed by atoms with Crippen molar-refractivity contribution in [2.24, 2.45) is 5.73 Å². The Hall–Kier alpha value is -3.34. The molecule has 0 unspecified atom stereocenters.